The molecule has 0 amide bonds. The number of pyridine rings is 1. The van der Waals surface area contributed by atoms with Gasteiger partial charge in [0, 0.05) is 18.3 Å². The first kappa shape index (κ1) is 15.4. The maximum atomic E-state index is 12.3. The van der Waals surface area contributed by atoms with Crippen molar-refractivity contribution in [3.05, 3.63) is 46.4 Å². The van der Waals surface area contributed by atoms with Crippen molar-refractivity contribution in [1.29, 1.82) is 0 Å². The van der Waals surface area contributed by atoms with Crippen LogP contribution in [-0.4, -0.2) is 20.0 Å². The Balaban J connectivity index is 2.56. The minimum Gasteiger partial charge on any atom is -0.281 e. The van der Waals surface area contributed by atoms with Crippen LogP contribution in [0.1, 0.15) is 19.4 Å². The Bertz CT molecular complexity index is 696. The molecule has 0 saturated carbocycles. The number of halogens is 1. The van der Waals surface area contributed by atoms with E-state index in [1.54, 1.807) is 24.4 Å². The molecular weight excluding hydrogens is 290 g/mol. The van der Waals surface area contributed by atoms with Crippen LogP contribution in [0.4, 0.5) is 0 Å². The number of carbonyl (C=O) groups is 1. The van der Waals surface area contributed by atoms with E-state index in [4.69, 9.17) is 11.6 Å². The second-order valence-electron chi connectivity index (χ2n) is 5.18. The van der Waals surface area contributed by atoms with Crippen LogP contribution >= 0.6 is 11.6 Å². The third-order valence-corrected chi connectivity index (χ3v) is 2.98. The lowest BCUT2D eigenvalue weighted by Gasteiger charge is -2.11. The first-order valence-electron chi connectivity index (χ1n) is 6.68. The molecule has 0 bridgehead atoms. The van der Waals surface area contributed by atoms with Crippen molar-refractivity contribution >= 4 is 16.8 Å². The zero-order chi connectivity index (χ0) is 15.4. The second kappa shape index (κ2) is 6.63. The van der Waals surface area contributed by atoms with Gasteiger partial charge in [-0.1, -0.05) is 19.9 Å². The van der Waals surface area contributed by atoms with E-state index in [1.807, 2.05) is 19.9 Å². The van der Waals surface area contributed by atoms with Crippen LogP contribution in [0, 0.1) is 5.92 Å². The topological polar surface area (TPSA) is 64.8 Å². The van der Waals surface area contributed by atoms with Crippen molar-refractivity contribution in [1.82, 2.24) is 14.8 Å². The van der Waals surface area contributed by atoms with E-state index in [9.17, 15) is 9.59 Å². The molecule has 2 aromatic rings. The van der Waals surface area contributed by atoms with Gasteiger partial charge in [0.1, 0.15) is 5.69 Å². The van der Waals surface area contributed by atoms with Crippen molar-refractivity contribution in [2.24, 2.45) is 5.92 Å². The van der Waals surface area contributed by atoms with Crippen LogP contribution < -0.4 is 5.56 Å². The van der Waals surface area contributed by atoms with E-state index in [2.05, 4.69) is 10.1 Å². The molecule has 0 aliphatic rings. The minimum absolute atomic E-state index is 0.110. The summed E-state index contributed by atoms with van der Waals surface area (Å²) in [4.78, 5) is 27.6. The van der Waals surface area contributed by atoms with Gasteiger partial charge in [-0.2, -0.15) is 5.10 Å². The largest absolute Gasteiger partial charge is 0.281 e. The monoisotopic (exact) mass is 305 g/mol. The zero-order valence-electron chi connectivity index (χ0n) is 11.9. The van der Waals surface area contributed by atoms with Gasteiger partial charge in [-0.05, 0) is 35.7 Å². The van der Waals surface area contributed by atoms with Crippen LogP contribution in [0.25, 0.3) is 11.4 Å². The highest BCUT2D eigenvalue weighted by Gasteiger charge is 2.13. The molecule has 110 valence electrons. The molecule has 0 N–H and O–H groups in total. The standard InChI is InChI=1S/C15H16ClN3O2/c1-10(2)9-19-15(21)11(8-14(16)20)7-13(18-19)12-5-3-4-6-17-12/h3-7,10H,8-9H2,1-2H3. The number of rotatable bonds is 5. The molecule has 2 aromatic heterocycles. The quantitative estimate of drug-likeness (QED) is 0.795. The highest BCUT2D eigenvalue weighted by molar-refractivity contribution is 6.63. The summed E-state index contributed by atoms with van der Waals surface area (Å²) < 4.78 is 1.38. The summed E-state index contributed by atoms with van der Waals surface area (Å²) in [5.74, 6) is 0.258. The first-order valence-corrected chi connectivity index (χ1v) is 7.06. The van der Waals surface area contributed by atoms with Crippen molar-refractivity contribution in [2.45, 2.75) is 26.8 Å². The lowest BCUT2D eigenvalue weighted by Crippen LogP contribution is -2.29. The highest BCUT2D eigenvalue weighted by atomic mass is 35.5. The number of hydrogen-bond acceptors (Lipinski definition) is 4. The van der Waals surface area contributed by atoms with Crippen molar-refractivity contribution < 1.29 is 4.79 Å². The Morgan fingerprint density at radius 2 is 2.10 bits per heavy atom. The summed E-state index contributed by atoms with van der Waals surface area (Å²) in [6.45, 7) is 4.46. The number of nitrogens with zero attached hydrogens (tertiary/aromatic N) is 3. The second-order valence-corrected chi connectivity index (χ2v) is 5.60. The van der Waals surface area contributed by atoms with Gasteiger partial charge in [0.15, 0.2) is 0 Å². The van der Waals surface area contributed by atoms with Crippen LogP contribution in [-0.2, 0) is 17.8 Å². The Morgan fingerprint density at radius 1 is 1.33 bits per heavy atom. The summed E-state index contributed by atoms with van der Waals surface area (Å²) in [7, 11) is 0. The van der Waals surface area contributed by atoms with Gasteiger partial charge in [-0.25, -0.2) is 4.68 Å². The molecule has 0 aliphatic carbocycles. The van der Waals surface area contributed by atoms with E-state index >= 15 is 0 Å². The van der Waals surface area contributed by atoms with Gasteiger partial charge in [-0.15, -0.1) is 0 Å². The fourth-order valence-corrected chi connectivity index (χ4v) is 2.13. The molecule has 0 aliphatic heterocycles. The number of carbonyl (C=O) groups excluding carboxylic acids is 1. The predicted octanol–water partition coefficient (Wildman–Crippen LogP) is 2.27. The van der Waals surface area contributed by atoms with Gasteiger partial charge in [0.05, 0.1) is 12.1 Å². The maximum Gasteiger partial charge on any atom is 0.270 e. The van der Waals surface area contributed by atoms with Crippen molar-refractivity contribution in [2.75, 3.05) is 0 Å². The van der Waals surface area contributed by atoms with E-state index in [-0.39, 0.29) is 17.9 Å². The summed E-state index contributed by atoms with van der Waals surface area (Å²) in [6.07, 6.45) is 1.54. The summed E-state index contributed by atoms with van der Waals surface area (Å²) >= 11 is 5.42. The minimum atomic E-state index is -0.568. The lowest BCUT2D eigenvalue weighted by molar-refractivity contribution is -0.111. The molecule has 0 atom stereocenters. The fraction of sp³-hybridized carbons (Fsp3) is 0.333. The van der Waals surface area contributed by atoms with Gasteiger partial charge >= 0.3 is 0 Å². The van der Waals surface area contributed by atoms with Crippen LogP contribution in [0.15, 0.2) is 35.3 Å². The molecule has 2 rings (SSSR count). The van der Waals surface area contributed by atoms with Crippen LogP contribution in [0.3, 0.4) is 0 Å². The smallest absolute Gasteiger partial charge is 0.270 e. The molecule has 0 unspecified atom stereocenters. The lowest BCUT2D eigenvalue weighted by atomic mass is 10.1. The fourth-order valence-electron chi connectivity index (χ4n) is 1.98. The summed E-state index contributed by atoms with van der Waals surface area (Å²) in [6, 6.07) is 7.03. The first-order chi connectivity index (χ1) is 9.97. The van der Waals surface area contributed by atoms with E-state index in [1.165, 1.54) is 4.68 Å². The molecule has 0 aromatic carbocycles. The normalized spacial score (nSPS) is 10.9. The number of aromatic nitrogens is 3. The number of hydrogen-bond donors (Lipinski definition) is 0. The average molecular weight is 306 g/mol. The van der Waals surface area contributed by atoms with Gasteiger partial charge < -0.3 is 0 Å². The molecule has 21 heavy (non-hydrogen) atoms. The van der Waals surface area contributed by atoms with Crippen molar-refractivity contribution in [3.8, 4) is 11.4 Å². The van der Waals surface area contributed by atoms with Gasteiger partial charge in [0.25, 0.3) is 5.56 Å². The molecule has 5 nitrogen and oxygen atoms in total. The van der Waals surface area contributed by atoms with Crippen molar-refractivity contribution in [3.63, 3.8) is 0 Å². The zero-order valence-corrected chi connectivity index (χ0v) is 12.7. The predicted molar refractivity (Wildman–Crippen MR) is 81.1 cm³/mol. The molecule has 0 fully saturated rings. The Labute approximate surface area is 127 Å². The third-order valence-electron chi connectivity index (χ3n) is 2.84. The Morgan fingerprint density at radius 3 is 2.67 bits per heavy atom. The molecule has 6 heteroatoms. The molecule has 0 radical (unpaired) electrons. The van der Waals surface area contributed by atoms with Crippen LogP contribution in [0.2, 0.25) is 0 Å². The van der Waals surface area contributed by atoms with Gasteiger partial charge in [0.2, 0.25) is 5.24 Å². The van der Waals surface area contributed by atoms with E-state index < -0.39 is 5.24 Å². The Kier molecular flexibility index (Phi) is 4.85. The third kappa shape index (κ3) is 3.98. The maximum absolute atomic E-state index is 12.3. The van der Waals surface area contributed by atoms with E-state index in [0.29, 0.717) is 23.5 Å². The van der Waals surface area contributed by atoms with E-state index in [0.717, 1.165) is 0 Å². The Hall–Kier alpha value is -2.01. The highest BCUT2D eigenvalue weighted by Crippen LogP contribution is 2.14. The summed E-state index contributed by atoms with van der Waals surface area (Å²) in [5, 5.41) is 3.77. The SMILES string of the molecule is CC(C)Cn1nc(-c2ccccn2)cc(CC(=O)Cl)c1=O. The molecule has 0 saturated heterocycles. The van der Waals surface area contributed by atoms with Gasteiger partial charge in [-0.3, -0.25) is 14.6 Å². The molecular formula is C15H16ClN3O2. The summed E-state index contributed by atoms with van der Waals surface area (Å²) in [5.41, 5.74) is 1.27. The molecule has 0 spiro atoms. The molecule has 2 heterocycles. The average Bonchev–Trinajstić information content (AvgIpc) is 2.43. The van der Waals surface area contributed by atoms with Crippen LogP contribution in [0.5, 0.6) is 0 Å².